The van der Waals surface area contributed by atoms with Gasteiger partial charge in [-0.05, 0) is 31.4 Å². The van der Waals surface area contributed by atoms with E-state index in [1.807, 2.05) is 12.1 Å². The Morgan fingerprint density at radius 1 is 1.35 bits per heavy atom. The summed E-state index contributed by atoms with van der Waals surface area (Å²) in [4.78, 5) is 1.45. The van der Waals surface area contributed by atoms with Crippen molar-refractivity contribution in [3.8, 4) is 5.75 Å². The summed E-state index contributed by atoms with van der Waals surface area (Å²) in [6, 6.07) is 4.55. The first-order chi connectivity index (χ1) is 9.15. The van der Waals surface area contributed by atoms with Gasteiger partial charge in [-0.15, -0.1) is 0 Å². The minimum Gasteiger partial charge on any atom is -1.00 e. The molecule has 0 saturated carbocycles. The fourth-order valence-electron chi connectivity index (χ4n) is 2.92. The number of hydrogen-bond acceptors (Lipinski definition) is 1. The zero-order valence-corrected chi connectivity index (χ0v) is 14.2. The highest BCUT2D eigenvalue weighted by Gasteiger charge is 2.29. The molecule has 2 rings (SSSR count). The fourth-order valence-corrected chi connectivity index (χ4v) is 3.23. The van der Waals surface area contributed by atoms with Crippen molar-refractivity contribution in [2.45, 2.75) is 45.1 Å². The van der Waals surface area contributed by atoms with E-state index in [0.29, 0.717) is 6.04 Å². The van der Waals surface area contributed by atoms with E-state index in [1.165, 1.54) is 35.3 Å². The van der Waals surface area contributed by atoms with Crippen LogP contribution >= 0.6 is 11.6 Å². The zero-order chi connectivity index (χ0) is 13.8. The van der Waals surface area contributed by atoms with Crippen molar-refractivity contribution < 1.29 is 22.0 Å². The summed E-state index contributed by atoms with van der Waals surface area (Å²) in [6.45, 7) is 3.00. The Kier molecular flexibility index (Phi) is 7.14. The molecule has 0 fully saturated rings. The predicted octanol–water partition coefficient (Wildman–Crippen LogP) is 0.0448. The van der Waals surface area contributed by atoms with E-state index >= 15 is 0 Å². The monoisotopic (exact) mass is 317 g/mol. The second-order valence-electron chi connectivity index (χ2n) is 5.66. The zero-order valence-electron chi connectivity index (χ0n) is 12.6. The van der Waals surface area contributed by atoms with Gasteiger partial charge in [-0.25, -0.2) is 0 Å². The molecular formula is C16H25Cl2NO. The normalized spacial score (nSPS) is 17.6. The highest BCUT2D eigenvalue weighted by molar-refractivity contribution is 6.31. The van der Waals surface area contributed by atoms with E-state index in [1.54, 1.807) is 0 Å². The van der Waals surface area contributed by atoms with Gasteiger partial charge in [-0.2, -0.15) is 0 Å². The van der Waals surface area contributed by atoms with Crippen LogP contribution in [0.3, 0.4) is 0 Å². The third-order valence-electron chi connectivity index (χ3n) is 3.98. The number of ether oxygens (including phenoxy) is 1. The molecule has 1 atom stereocenters. The van der Waals surface area contributed by atoms with Crippen LogP contribution in [-0.4, -0.2) is 20.7 Å². The minimum atomic E-state index is 0. The molecule has 2 nitrogen and oxygen atoms in total. The molecule has 0 bridgehead atoms. The summed E-state index contributed by atoms with van der Waals surface area (Å²) in [6.07, 6.45) is 5.82. The number of benzene rings is 1. The molecule has 0 aliphatic heterocycles. The molecule has 1 N–H and O–H groups in total. The lowest BCUT2D eigenvalue weighted by molar-refractivity contribution is -0.893. The van der Waals surface area contributed by atoms with Gasteiger partial charge < -0.3 is 22.0 Å². The maximum atomic E-state index is 6.45. The summed E-state index contributed by atoms with van der Waals surface area (Å²) in [5, 5.41) is 0.906. The molecule has 0 heterocycles. The molecule has 114 valence electrons. The van der Waals surface area contributed by atoms with Crippen LogP contribution in [0, 0.1) is 0 Å². The average molecular weight is 318 g/mol. The van der Waals surface area contributed by atoms with Crippen LogP contribution in [0.4, 0.5) is 0 Å². The molecule has 0 amide bonds. The summed E-state index contributed by atoms with van der Waals surface area (Å²) < 4.78 is 5.96. The van der Waals surface area contributed by atoms with Crippen LogP contribution in [0.1, 0.15) is 49.8 Å². The first-order valence-corrected chi connectivity index (χ1v) is 7.77. The molecular weight excluding hydrogens is 293 g/mol. The van der Waals surface area contributed by atoms with E-state index in [2.05, 4.69) is 21.0 Å². The molecule has 0 aromatic heterocycles. The van der Waals surface area contributed by atoms with Crippen molar-refractivity contribution >= 4 is 11.6 Å². The highest BCUT2D eigenvalue weighted by Crippen LogP contribution is 2.38. The number of nitrogens with one attached hydrogen (secondary N) is 1. The van der Waals surface area contributed by atoms with Crippen molar-refractivity contribution in [1.29, 1.82) is 0 Å². The van der Waals surface area contributed by atoms with Crippen molar-refractivity contribution in [2.75, 3.05) is 20.7 Å². The number of rotatable bonds is 5. The van der Waals surface area contributed by atoms with Crippen LogP contribution in [0.25, 0.3) is 0 Å². The molecule has 0 radical (unpaired) electrons. The third kappa shape index (κ3) is 3.81. The van der Waals surface area contributed by atoms with Gasteiger partial charge in [0.05, 0.1) is 25.7 Å². The Morgan fingerprint density at radius 3 is 2.75 bits per heavy atom. The first-order valence-electron chi connectivity index (χ1n) is 7.39. The molecule has 0 spiro atoms. The lowest BCUT2D eigenvalue weighted by Gasteiger charge is -2.30. The topological polar surface area (TPSA) is 13.7 Å². The van der Waals surface area contributed by atoms with Gasteiger partial charge in [0.15, 0.2) is 0 Å². The number of quaternary nitrogens is 1. The van der Waals surface area contributed by atoms with Crippen molar-refractivity contribution in [1.82, 2.24) is 0 Å². The number of fused-ring (bicyclic) bond motifs is 1. The standard InChI is InChI=1S/C16H24ClNO.ClH/c1-4-5-11-19-15-10-9-13(17)16-12(15)7-6-8-14(16)18(2)3;/h9-10,14H,4-8,11H2,1-3H3;1H. The van der Waals surface area contributed by atoms with Crippen molar-refractivity contribution in [3.05, 3.63) is 28.3 Å². The second-order valence-corrected chi connectivity index (χ2v) is 6.07. The highest BCUT2D eigenvalue weighted by atomic mass is 35.5. The van der Waals surface area contributed by atoms with Crippen molar-refractivity contribution in [2.24, 2.45) is 0 Å². The quantitative estimate of drug-likeness (QED) is 0.757. The Bertz CT molecular complexity index is 435. The smallest absolute Gasteiger partial charge is 0.123 e. The molecule has 20 heavy (non-hydrogen) atoms. The minimum absolute atomic E-state index is 0. The van der Waals surface area contributed by atoms with Gasteiger partial charge in [0.1, 0.15) is 11.8 Å². The molecule has 1 aromatic rings. The van der Waals surface area contributed by atoms with Crippen LogP contribution in [0.2, 0.25) is 5.02 Å². The summed E-state index contributed by atoms with van der Waals surface area (Å²) >= 11 is 6.45. The van der Waals surface area contributed by atoms with Crippen LogP contribution < -0.4 is 22.0 Å². The van der Waals surface area contributed by atoms with Gasteiger partial charge in [-0.3, -0.25) is 0 Å². The second kappa shape index (κ2) is 8.11. The van der Waals surface area contributed by atoms with Gasteiger partial charge in [-0.1, -0.05) is 24.9 Å². The summed E-state index contributed by atoms with van der Waals surface area (Å²) in [5.74, 6) is 1.05. The summed E-state index contributed by atoms with van der Waals surface area (Å²) in [7, 11) is 4.42. The summed E-state index contributed by atoms with van der Waals surface area (Å²) in [5.41, 5.74) is 2.67. The number of unbranched alkanes of at least 4 members (excludes halogenated alkanes) is 1. The average Bonchev–Trinajstić information content (AvgIpc) is 2.41. The van der Waals surface area contributed by atoms with E-state index < -0.39 is 0 Å². The Hall–Kier alpha value is -0.440. The molecule has 0 saturated heterocycles. The molecule has 4 heteroatoms. The molecule has 1 unspecified atom stereocenters. The number of halogens is 2. The van der Waals surface area contributed by atoms with E-state index in [9.17, 15) is 0 Å². The molecule has 1 aliphatic rings. The van der Waals surface area contributed by atoms with E-state index in [-0.39, 0.29) is 12.4 Å². The predicted molar refractivity (Wildman–Crippen MR) is 80.3 cm³/mol. The fraction of sp³-hybridized carbons (Fsp3) is 0.625. The van der Waals surface area contributed by atoms with Crippen LogP contribution in [0.15, 0.2) is 12.1 Å². The largest absolute Gasteiger partial charge is 1.00 e. The molecule has 1 aromatic carbocycles. The van der Waals surface area contributed by atoms with E-state index in [4.69, 9.17) is 16.3 Å². The number of hydrogen-bond donors (Lipinski definition) is 1. The Balaban J connectivity index is 0.00000200. The van der Waals surface area contributed by atoms with Crippen molar-refractivity contribution in [3.63, 3.8) is 0 Å². The van der Waals surface area contributed by atoms with Gasteiger partial charge in [0.2, 0.25) is 0 Å². The lowest BCUT2D eigenvalue weighted by atomic mass is 9.86. The Labute approximate surface area is 133 Å². The van der Waals surface area contributed by atoms with Gasteiger partial charge in [0, 0.05) is 17.5 Å². The van der Waals surface area contributed by atoms with Gasteiger partial charge >= 0.3 is 0 Å². The lowest BCUT2D eigenvalue weighted by Crippen LogP contribution is -3.06. The third-order valence-corrected chi connectivity index (χ3v) is 4.31. The van der Waals surface area contributed by atoms with E-state index in [0.717, 1.165) is 30.2 Å². The first kappa shape index (κ1) is 17.6. The Morgan fingerprint density at radius 2 is 2.10 bits per heavy atom. The van der Waals surface area contributed by atoms with Gasteiger partial charge in [0.25, 0.3) is 0 Å². The SMILES string of the molecule is CCCCOc1ccc(Cl)c2c1CCCC2[NH+](C)C.[Cl-]. The maximum absolute atomic E-state index is 6.45. The maximum Gasteiger partial charge on any atom is 0.123 e. The van der Waals surface area contributed by atoms with Crippen LogP contribution in [0.5, 0.6) is 5.75 Å². The molecule has 1 aliphatic carbocycles. The van der Waals surface area contributed by atoms with Crippen LogP contribution in [-0.2, 0) is 6.42 Å².